The Morgan fingerprint density at radius 2 is 1.95 bits per heavy atom. The largest absolute Gasteiger partial charge is 0.314 e. The van der Waals surface area contributed by atoms with Gasteiger partial charge in [0.25, 0.3) is 0 Å². The Morgan fingerprint density at radius 1 is 1.16 bits per heavy atom. The van der Waals surface area contributed by atoms with Crippen molar-refractivity contribution < 1.29 is 4.39 Å². The van der Waals surface area contributed by atoms with Crippen LogP contribution in [0.15, 0.2) is 36.4 Å². The number of rotatable bonds is 3. The average Bonchev–Trinajstić information content (AvgIpc) is 2.49. The molecule has 19 heavy (non-hydrogen) atoms. The minimum Gasteiger partial charge on any atom is -0.314 e. The summed E-state index contributed by atoms with van der Waals surface area (Å²) in [6.45, 7) is 3.21. The number of hydrogen-bond acceptors (Lipinski definition) is 3. The van der Waals surface area contributed by atoms with Crippen LogP contribution in [0.4, 0.5) is 4.39 Å². The first-order chi connectivity index (χ1) is 9.38. The van der Waals surface area contributed by atoms with Crippen LogP contribution in [0.25, 0.3) is 10.9 Å². The van der Waals surface area contributed by atoms with Crippen LogP contribution in [0.3, 0.4) is 0 Å². The highest BCUT2D eigenvalue weighted by atomic mass is 19.1. The number of aromatic nitrogens is 1. The second-order valence-corrected chi connectivity index (χ2v) is 4.88. The van der Waals surface area contributed by atoms with Gasteiger partial charge in [0.1, 0.15) is 6.67 Å². The molecule has 1 aliphatic rings. The van der Waals surface area contributed by atoms with E-state index in [9.17, 15) is 4.39 Å². The van der Waals surface area contributed by atoms with E-state index in [-0.39, 0.29) is 12.7 Å². The van der Waals surface area contributed by atoms with Gasteiger partial charge in [0.05, 0.1) is 17.3 Å². The lowest BCUT2D eigenvalue weighted by molar-refractivity contribution is 0.145. The number of benzene rings is 1. The van der Waals surface area contributed by atoms with E-state index in [4.69, 9.17) is 0 Å². The van der Waals surface area contributed by atoms with Crippen molar-refractivity contribution in [2.75, 3.05) is 32.9 Å². The molecule has 4 heteroatoms. The number of nitrogens with one attached hydrogen (secondary N) is 1. The number of alkyl halides is 1. The molecule has 0 aliphatic carbocycles. The van der Waals surface area contributed by atoms with Crippen LogP contribution < -0.4 is 5.32 Å². The van der Waals surface area contributed by atoms with E-state index >= 15 is 0 Å². The Kier molecular flexibility index (Phi) is 3.71. The van der Waals surface area contributed by atoms with Crippen molar-refractivity contribution >= 4 is 10.9 Å². The van der Waals surface area contributed by atoms with E-state index in [1.165, 1.54) is 0 Å². The summed E-state index contributed by atoms with van der Waals surface area (Å²) < 4.78 is 13.4. The summed E-state index contributed by atoms with van der Waals surface area (Å²) in [5.41, 5.74) is 1.77. The standard InChI is InChI=1S/C15H18FN3/c16-11-15(19-9-7-17-8-10-19)14-6-5-12-3-1-2-4-13(12)18-14/h1-6,15,17H,7-11H2/t15-/m1/s1. The number of pyridine rings is 1. The molecule has 1 atom stereocenters. The zero-order valence-electron chi connectivity index (χ0n) is 10.8. The van der Waals surface area contributed by atoms with Gasteiger partial charge in [0, 0.05) is 31.6 Å². The van der Waals surface area contributed by atoms with Crippen LogP contribution in [0.5, 0.6) is 0 Å². The Bertz CT molecular complexity index is 552. The predicted octanol–water partition coefficient (Wildman–Crippen LogP) is 2.15. The van der Waals surface area contributed by atoms with Crippen LogP contribution in [0, 0.1) is 0 Å². The van der Waals surface area contributed by atoms with Crippen LogP contribution in [0.2, 0.25) is 0 Å². The molecule has 3 nitrogen and oxygen atoms in total. The molecular weight excluding hydrogens is 241 g/mol. The summed E-state index contributed by atoms with van der Waals surface area (Å²) in [5.74, 6) is 0. The molecular formula is C15H18FN3. The minimum absolute atomic E-state index is 0.216. The van der Waals surface area contributed by atoms with Gasteiger partial charge in [-0.25, -0.2) is 4.39 Å². The van der Waals surface area contributed by atoms with Gasteiger partial charge in [-0.1, -0.05) is 24.3 Å². The summed E-state index contributed by atoms with van der Waals surface area (Å²) in [6.07, 6.45) is 0. The van der Waals surface area contributed by atoms with Crippen molar-refractivity contribution in [1.82, 2.24) is 15.2 Å². The molecule has 1 N–H and O–H groups in total. The predicted molar refractivity (Wildman–Crippen MR) is 74.9 cm³/mol. The normalized spacial score (nSPS) is 18.6. The second kappa shape index (κ2) is 5.63. The van der Waals surface area contributed by atoms with Crippen LogP contribution in [-0.4, -0.2) is 42.7 Å². The molecule has 0 spiro atoms. The molecule has 2 heterocycles. The number of para-hydroxylation sites is 1. The average molecular weight is 259 g/mol. The topological polar surface area (TPSA) is 28.2 Å². The zero-order valence-corrected chi connectivity index (χ0v) is 10.8. The van der Waals surface area contributed by atoms with Gasteiger partial charge in [-0.2, -0.15) is 0 Å². The van der Waals surface area contributed by atoms with Crippen LogP contribution in [-0.2, 0) is 0 Å². The highest BCUT2D eigenvalue weighted by Gasteiger charge is 2.23. The maximum Gasteiger partial charge on any atom is 0.111 e. The maximum absolute atomic E-state index is 13.4. The molecule has 100 valence electrons. The quantitative estimate of drug-likeness (QED) is 0.915. The first-order valence-electron chi connectivity index (χ1n) is 6.75. The lowest BCUT2D eigenvalue weighted by Gasteiger charge is -2.33. The number of fused-ring (bicyclic) bond motifs is 1. The number of halogens is 1. The minimum atomic E-state index is -0.384. The summed E-state index contributed by atoms with van der Waals surface area (Å²) in [6, 6.07) is 11.7. The number of hydrogen-bond donors (Lipinski definition) is 1. The Labute approximate surface area is 112 Å². The van der Waals surface area contributed by atoms with E-state index in [0.717, 1.165) is 42.8 Å². The van der Waals surface area contributed by atoms with Gasteiger partial charge in [0.2, 0.25) is 0 Å². The van der Waals surface area contributed by atoms with Gasteiger partial charge in [-0.05, 0) is 12.1 Å². The second-order valence-electron chi connectivity index (χ2n) is 4.88. The van der Waals surface area contributed by atoms with E-state index in [0.29, 0.717) is 0 Å². The molecule has 0 saturated carbocycles. The third-order valence-corrected chi connectivity index (χ3v) is 3.70. The van der Waals surface area contributed by atoms with Crippen LogP contribution in [0.1, 0.15) is 11.7 Å². The van der Waals surface area contributed by atoms with E-state index < -0.39 is 0 Å². The summed E-state index contributed by atoms with van der Waals surface area (Å²) >= 11 is 0. The van der Waals surface area contributed by atoms with Crippen molar-refractivity contribution in [3.05, 3.63) is 42.1 Å². The van der Waals surface area contributed by atoms with E-state index in [1.807, 2.05) is 36.4 Å². The first-order valence-corrected chi connectivity index (χ1v) is 6.75. The fourth-order valence-corrected chi connectivity index (χ4v) is 2.62. The van der Waals surface area contributed by atoms with Gasteiger partial charge in [-0.3, -0.25) is 9.88 Å². The lowest BCUT2D eigenvalue weighted by Crippen LogP contribution is -2.45. The molecule has 1 aromatic carbocycles. The Morgan fingerprint density at radius 3 is 2.74 bits per heavy atom. The van der Waals surface area contributed by atoms with E-state index in [1.54, 1.807) is 0 Å². The van der Waals surface area contributed by atoms with Crippen molar-refractivity contribution in [3.63, 3.8) is 0 Å². The molecule has 0 bridgehead atoms. The molecule has 1 aliphatic heterocycles. The number of nitrogens with zero attached hydrogens (tertiary/aromatic N) is 2. The SMILES string of the molecule is FC[C@H](c1ccc2ccccc2n1)N1CCNCC1. The highest BCUT2D eigenvalue weighted by Crippen LogP contribution is 2.22. The maximum atomic E-state index is 13.4. The van der Waals surface area contributed by atoms with Crippen molar-refractivity contribution in [2.45, 2.75) is 6.04 Å². The molecule has 2 aromatic rings. The molecule has 1 aromatic heterocycles. The van der Waals surface area contributed by atoms with Gasteiger partial charge >= 0.3 is 0 Å². The third kappa shape index (κ3) is 2.60. The fraction of sp³-hybridized carbons (Fsp3) is 0.400. The van der Waals surface area contributed by atoms with Crippen molar-refractivity contribution in [1.29, 1.82) is 0 Å². The van der Waals surface area contributed by atoms with E-state index in [2.05, 4.69) is 15.2 Å². The van der Waals surface area contributed by atoms with Crippen molar-refractivity contribution in [3.8, 4) is 0 Å². The molecule has 0 unspecified atom stereocenters. The van der Waals surface area contributed by atoms with Gasteiger partial charge in [0.15, 0.2) is 0 Å². The highest BCUT2D eigenvalue weighted by molar-refractivity contribution is 5.78. The third-order valence-electron chi connectivity index (χ3n) is 3.70. The first kappa shape index (κ1) is 12.5. The molecule has 0 amide bonds. The Balaban J connectivity index is 1.91. The molecule has 1 fully saturated rings. The Hall–Kier alpha value is -1.52. The summed E-state index contributed by atoms with van der Waals surface area (Å²) in [5, 5.41) is 4.39. The fourth-order valence-electron chi connectivity index (χ4n) is 2.62. The summed E-state index contributed by atoms with van der Waals surface area (Å²) in [7, 11) is 0. The monoisotopic (exact) mass is 259 g/mol. The molecule has 3 rings (SSSR count). The summed E-state index contributed by atoms with van der Waals surface area (Å²) in [4.78, 5) is 6.79. The van der Waals surface area contributed by atoms with Gasteiger partial charge < -0.3 is 5.32 Å². The molecule has 1 saturated heterocycles. The van der Waals surface area contributed by atoms with Crippen molar-refractivity contribution in [2.24, 2.45) is 0 Å². The number of piperazine rings is 1. The smallest absolute Gasteiger partial charge is 0.111 e. The molecule has 0 radical (unpaired) electrons. The van der Waals surface area contributed by atoms with Gasteiger partial charge in [-0.15, -0.1) is 0 Å². The lowest BCUT2D eigenvalue weighted by atomic mass is 10.1. The van der Waals surface area contributed by atoms with Crippen LogP contribution >= 0.6 is 0 Å². The zero-order chi connectivity index (χ0) is 13.1.